The summed E-state index contributed by atoms with van der Waals surface area (Å²) in [5.41, 5.74) is 2.65. The Morgan fingerprint density at radius 2 is 1.94 bits per heavy atom. The number of methoxy groups -OCH3 is 2. The molecule has 0 heterocycles. The fourth-order valence-corrected chi connectivity index (χ4v) is 1.41. The van der Waals surface area contributed by atoms with Crippen LogP contribution in [0.25, 0.3) is 0 Å². The van der Waals surface area contributed by atoms with Crippen molar-refractivity contribution in [2.75, 3.05) is 40.5 Å². The van der Waals surface area contributed by atoms with E-state index in [4.69, 9.17) is 15.3 Å². The molecule has 0 spiro atoms. The second-order valence-electron chi connectivity index (χ2n) is 3.98. The maximum absolute atomic E-state index is 5.50. The van der Waals surface area contributed by atoms with Crippen molar-refractivity contribution in [2.45, 2.75) is 26.3 Å². The Balaban J connectivity index is 4.32. The third-order valence-corrected chi connectivity index (χ3v) is 2.33. The minimum Gasteiger partial charge on any atom is -0.385 e. The summed E-state index contributed by atoms with van der Waals surface area (Å²) in [4.78, 5) is 6.50. The molecule has 17 heavy (non-hydrogen) atoms. The van der Waals surface area contributed by atoms with Gasteiger partial charge in [0.1, 0.15) is 0 Å². The van der Waals surface area contributed by atoms with Crippen LogP contribution in [0.5, 0.6) is 0 Å². The normalized spacial score (nSPS) is 12.0. The molecule has 0 bridgehead atoms. The van der Waals surface area contributed by atoms with Gasteiger partial charge in [0.05, 0.1) is 6.61 Å². The Labute approximate surface area is 104 Å². The van der Waals surface area contributed by atoms with Gasteiger partial charge in [0.2, 0.25) is 5.96 Å². The van der Waals surface area contributed by atoms with Gasteiger partial charge in [-0.3, -0.25) is 10.4 Å². The highest BCUT2D eigenvalue weighted by Crippen LogP contribution is 1.99. The zero-order chi connectivity index (χ0) is 13.1. The molecule has 6 heteroatoms. The number of hydrogen-bond donors (Lipinski definition) is 2. The van der Waals surface area contributed by atoms with Crippen LogP contribution in [0, 0.1) is 0 Å². The number of guanidine groups is 1. The van der Waals surface area contributed by atoms with E-state index in [0.717, 1.165) is 13.0 Å². The Hall–Kier alpha value is -0.850. The monoisotopic (exact) mass is 246 g/mol. The van der Waals surface area contributed by atoms with Crippen molar-refractivity contribution in [3.63, 3.8) is 0 Å². The Bertz CT molecular complexity index is 210. The van der Waals surface area contributed by atoms with Gasteiger partial charge >= 0.3 is 0 Å². The predicted octanol–water partition coefficient (Wildman–Crippen LogP) is 0.199. The zero-order valence-corrected chi connectivity index (χ0v) is 11.4. The summed E-state index contributed by atoms with van der Waals surface area (Å²) in [6, 6.07) is 0.322. The molecule has 6 nitrogen and oxygen atoms in total. The SMILES string of the molecule is COCCCN=C(NN)N(CCOC)C(C)C. The molecule has 0 aliphatic rings. The summed E-state index contributed by atoms with van der Waals surface area (Å²) in [5.74, 6) is 6.21. The lowest BCUT2D eigenvalue weighted by Gasteiger charge is -2.29. The number of rotatable bonds is 8. The molecule has 0 amide bonds. The van der Waals surface area contributed by atoms with E-state index in [1.807, 2.05) is 0 Å². The third-order valence-electron chi connectivity index (χ3n) is 2.33. The number of nitrogens with one attached hydrogen (secondary N) is 1. The molecule has 0 unspecified atom stereocenters. The summed E-state index contributed by atoms with van der Waals surface area (Å²) in [7, 11) is 3.37. The molecule has 0 radical (unpaired) electrons. The molecule has 3 N–H and O–H groups in total. The lowest BCUT2D eigenvalue weighted by atomic mass is 10.3. The van der Waals surface area contributed by atoms with Gasteiger partial charge in [-0.25, -0.2) is 5.84 Å². The van der Waals surface area contributed by atoms with E-state index in [9.17, 15) is 0 Å². The van der Waals surface area contributed by atoms with Crippen LogP contribution in [-0.2, 0) is 9.47 Å². The second-order valence-corrected chi connectivity index (χ2v) is 3.98. The van der Waals surface area contributed by atoms with Crippen LogP contribution < -0.4 is 11.3 Å². The molecule has 0 atom stereocenters. The molecule has 0 fully saturated rings. The number of aliphatic imine (C=N–C) groups is 1. The fraction of sp³-hybridized carbons (Fsp3) is 0.909. The minimum atomic E-state index is 0.322. The molecule has 0 aromatic carbocycles. The van der Waals surface area contributed by atoms with Crippen molar-refractivity contribution in [1.29, 1.82) is 0 Å². The first kappa shape index (κ1) is 16.1. The molecule has 0 saturated carbocycles. The van der Waals surface area contributed by atoms with Gasteiger partial charge in [-0.15, -0.1) is 0 Å². The molecule has 0 saturated heterocycles. The quantitative estimate of drug-likeness (QED) is 0.210. The molecule has 0 aliphatic heterocycles. The van der Waals surface area contributed by atoms with Gasteiger partial charge in [0.15, 0.2) is 0 Å². The van der Waals surface area contributed by atoms with Crippen LogP contribution in [0.2, 0.25) is 0 Å². The predicted molar refractivity (Wildman–Crippen MR) is 69.8 cm³/mol. The Morgan fingerprint density at radius 3 is 2.41 bits per heavy atom. The summed E-state index contributed by atoms with van der Waals surface area (Å²) < 4.78 is 10.1. The topological polar surface area (TPSA) is 72.1 Å². The smallest absolute Gasteiger partial charge is 0.208 e. The first-order valence-corrected chi connectivity index (χ1v) is 5.93. The summed E-state index contributed by atoms with van der Waals surface area (Å²) in [6.07, 6.45) is 0.887. The van der Waals surface area contributed by atoms with Crippen molar-refractivity contribution in [3.8, 4) is 0 Å². The number of ether oxygens (including phenoxy) is 2. The van der Waals surface area contributed by atoms with E-state index in [1.165, 1.54) is 0 Å². The van der Waals surface area contributed by atoms with E-state index in [1.54, 1.807) is 14.2 Å². The first-order valence-electron chi connectivity index (χ1n) is 5.93. The van der Waals surface area contributed by atoms with Crippen LogP contribution >= 0.6 is 0 Å². The largest absolute Gasteiger partial charge is 0.385 e. The van der Waals surface area contributed by atoms with E-state index in [0.29, 0.717) is 31.8 Å². The van der Waals surface area contributed by atoms with Crippen LogP contribution in [0.4, 0.5) is 0 Å². The Morgan fingerprint density at radius 1 is 1.29 bits per heavy atom. The molecule has 102 valence electrons. The maximum atomic E-state index is 5.50. The van der Waals surface area contributed by atoms with Gasteiger partial charge in [0.25, 0.3) is 0 Å². The zero-order valence-electron chi connectivity index (χ0n) is 11.4. The summed E-state index contributed by atoms with van der Waals surface area (Å²) in [5, 5.41) is 0. The molecular formula is C11H26N4O2. The molecule has 0 rings (SSSR count). The standard InChI is InChI=1S/C11H26N4O2/c1-10(2)15(7-9-17-4)11(14-12)13-6-5-8-16-3/h10H,5-9,12H2,1-4H3,(H,13,14). The van der Waals surface area contributed by atoms with E-state index < -0.39 is 0 Å². The molecular weight excluding hydrogens is 220 g/mol. The minimum absolute atomic E-state index is 0.322. The van der Waals surface area contributed by atoms with Gasteiger partial charge in [-0.1, -0.05) is 0 Å². The van der Waals surface area contributed by atoms with E-state index in [2.05, 4.69) is 29.2 Å². The van der Waals surface area contributed by atoms with E-state index in [-0.39, 0.29) is 0 Å². The average molecular weight is 246 g/mol. The number of hydrogen-bond acceptors (Lipinski definition) is 4. The highest BCUT2D eigenvalue weighted by atomic mass is 16.5. The third kappa shape index (κ3) is 7.14. The van der Waals surface area contributed by atoms with Gasteiger partial charge in [-0.05, 0) is 20.3 Å². The van der Waals surface area contributed by atoms with Crippen molar-refractivity contribution >= 4 is 5.96 Å². The molecule has 0 aliphatic carbocycles. The van der Waals surface area contributed by atoms with Crippen LogP contribution in [0.1, 0.15) is 20.3 Å². The number of nitrogens with two attached hydrogens (primary N) is 1. The van der Waals surface area contributed by atoms with Crippen molar-refractivity contribution in [3.05, 3.63) is 0 Å². The van der Waals surface area contributed by atoms with Crippen molar-refractivity contribution in [1.82, 2.24) is 10.3 Å². The number of hydrazine groups is 1. The van der Waals surface area contributed by atoms with Crippen molar-refractivity contribution < 1.29 is 9.47 Å². The average Bonchev–Trinajstić information content (AvgIpc) is 2.31. The van der Waals surface area contributed by atoms with Crippen LogP contribution in [-0.4, -0.2) is 57.4 Å². The molecule has 0 aromatic heterocycles. The Kier molecular flexibility index (Phi) is 9.80. The highest BCUT2D eigenvalue weighted by Gasteiger charge is 2.13. The lowest BCUT2D eigenvalue weighted by molar-refractivity contribution is 0.164. The number of nitrogens with zero attached hydrogens (tertiary/aromatic N) is 2. The second kappa shape index (κ2) is 10.3. The van der Waals surface area contributed by atoms with Gasteiger partial charge in [0, 0.05) is 40.0 Å². The van der Waals surface area contributed by atoms with Gasteiger partial charge < -0.3 is 14.4 Å². The first-order chi connectivity index (χ1) is 8.17. The maximum Gasteiger partial charge on any atom is 0.208 e. The highest BCUT2D eigenvalue weighted by molar-refractivity contribution is 5.79. The van der Waals surface area contributed by atoms with Crippen molar-refractivity contribution in [2.24, 2.45) is 10.8 Å². The fourth-order valence-electron chi connectivity index (χ4n) is 1.41. The molecule has 0 aromatic rings. The summed E-state index contributed by atoms with van der Waals surface area (Å²) >= 11 is 0. The van der Waals surface area contributed by atoms with E-state index >= 15 is 0 Å². The summed E-state index contributed by atoms with van der Waals surface area (Å²) in [6.45, 7) is 7.01. The van der Waals surface area contributed by atoms with Crippen LogP contribution in [0.3, 0.4) is 0 Å². The van der Waals surface area contributed by atoms with Crippen LogP contribution in [0.15, 0.2) is 4.99 Å². The van der Waals surface area contributed by atoms with Gasteiger partial charge in [-0.2, -0.15) is 0 Å². The lowest BCUT2D eigenvalue weighted by Crippen LogP contribution is -2.49.